The first kappa shape index (κ1) is 30.9. The SMILES string of the molecule is CC(C)(CCc1ccc(C[P+](c2ccccc2)(c2ccccc2)c2ccccc2)cc1)[Si](O)(c1ccccc1)c1ccccc1. The summed E-state index contributed by atoms with van der Waals surface area (Å²) in [6.45, 7) is 4.51. The van der Waals surface area contributed by atoms with Crippen LogP contribution in [0.4, 0.5) is 0 Å². The van der Waals surface area contributed by atoms with Gasteiger partial charge in [-0.05, 0) is 75.8 Å². The number of benzene rings is 6. The molecule has 0 unspecified atom stereocenters. The van der Waals surface area contributed by atoms with Crippen LogP contribution >= 0.6 is 7.26 Å². The van der Waals surface area contributed by atoms with Crippen molar-refractivity contribution in [3.63, 3.8) is 0 Å². The van der Waals surface area contributed by atoms with E-state index < -0.39 is 15.6 Å². The lowest BCUT2D eigenvalue weighted by molar-refractivity contribution is 0.466. The topological polar surface area (TPSA) is 20.2 Å². The molecule has 224 valence electrons. The van der Waals surface area contributed by atoms with Crippen LogP contribution in [0.1, 0.15) is 31.4 Å². The molecule has 1 nitrogen and oxygen atoms in total. The minimum absolute atomic E-state index is 0.275. The largest absolute Gasteiger partial charge is 0.424 e. The fourth-order valence-electron chi connectivity index (χ4n) is 6.80. The smallest absolute Gasteiger partial charge is 0.258 e. The molecule has 0 fully saturated rings. The molecule has 0 saturated carbocycles. The number of hydrogen-bond acceptors (Lipinski definition) is 1. The van der Waals surface area contributed by atoms with Gasteiger partial charge in [0.15, 0.2) is 0 Å². The van der Waals surface area contributed by atoms with E-state index in [4.69, 9.17) is 0 Å². The van der Waals surface area contributed by atoms with Crippen LogP contribution in [-0.4, -0.2) is 13.1 Å². The van der Waals surface area contributed by atoms with Crippen molar-refractivity contribution in [1.82, 2.24) is 0 Å². The summed E-state index contributed by atoms with van der Waals surface area (Å²) < 4.78 is 0. The molecule has 3 heteroatoms. The van der Waals surface area contributed by atoms with E-state index in [0.717, 1.165) is 29.4 Å². The maximum absolute atomic E-state index is 12.6. The average Bonchev–Trinajstić information content (AvgIpc) is 3.11. The van der Waals surface area contributed by atoms with Gasteiger partial charge in [0.2, 0.25) is 0 Å². The highest BCUT2D eigenvalue weighted by atomic mass is 31.2. The van der Waals surface area contributed by atoms with Crippen LogP contribution in [0.5, 0.6) is 0 Å². The molecule has 0 saturated heterocycles. The first-order chi connectivity index (χ1) is 21.9. The van der Waals surface area contributed by atoms with Gasteiger partial charge in [-0.2, -0.15) is 0 Å². The van der Waals surface area contributed by atoms with Crippen LogP contribution in [0.15, 0.2) is 176 Å². The third kappa shape index (κ3) is 6.24. The predicted molar refractivity (Wildman–Crippen MR) is 198 cm³/mol. The van der Waals surface area contributed by atoms with Gasteiger partial charge in [0, 0.05) is 0 Å². The lowest BCUT2D eigenvalue weighted by Crippen LogP contribution is -2.65. The van der Waals surface area contributed by atoms with Crippen molar-refractivity contribution < 1.29 is 4.80 Å². The van der Waals surface area contributed by atoms with Gasteiger partial charge in [0.1, 0.15) is 23.2 Å². The zero-order chi connectivity index (χ0) is 31.2. The molecular weight excluding hydrogens is 580 g/mol. The summed E-state index contributed by atoms with van der Waals surface area (Å²) in [7, 11) is -4.98. The Kier molecular flexibility index (Phi) is 9.28. The summed E-state index contributed by atoms with van der Waals surface area (Å²) in [4.78, 5) is 12.6. The Labute approximate surface area is 270 Å². The zero-order valence-corrected chi connectivity index (χ0v) is 28.2. The molecule has 1 N–H and O–H groups in total. The van der Waals surface area contributed by atoms with Crippen LogP contribution in [0.3, 0.4) is 0 Å². The van der Waals surface area contributed by atoms with Crippen LogP contribution in [0, 0.1) is 0 Å². The van der Waals surface area contributed by atoms with E-state index >= 15 is 0 Å². The fourth-order valence-corrected chi connectivity index (χ4v) is 14.8. The number of rotatable bonds is 11. The van der Waals surface area contributed by atoms with Crippen molar-refractivity contribution in [3.8, 4) is 0 Å². The van der Waals surface area contributed by atoms with E-state index in [2.05, 4.69) is 153 Å². The van der Waals surface area contributed by atoms with Crippen molar-refractivity contribution in [3.05, 3.63) is 187 Å². The van der Waals surface area contributed by atoms with Crippen LogP contribution in [-0.2, 0) is 12.6 Å². The van der Waals surface area contributed by atoms with Gasteiger partial charge in [0.05, 0.1) is 6.16 Å². The zero-order valence-electron chi connectivity index (χ0n) is 26.3. The van der Waals surface area contributed by atoms with Crippen LogP contribution < -0.4 is 26.3 Å². The molecule has 6 aromatic carbocycles. The molecule has 0 aromatic heterocycles. The van der Waals surface area contributed by atoms with Gasteiger partial charge in [-0.3, -0.25) is 0 Å². The molecule has 0 aliphatic heterocycles. The second-order valence-electron chi connectivity index (χ2n) is 12.6. The molecule has 0 spiro atoms. The summed E-state index contributed by atoms with van der Waals surface area (Å²) in [5.41, 5.74) is 2.66. The van der Waals surface area contributed by atoms with Gasteiger partial charge in [-0.25, -0.2) is 0 Å². The highest BCUT2D eigenvalue weighted by Gasteiger charge is 2.49. The molecule has 0 aliphatic rings. The van der Waals surface area contributed by atoms with Gasteiger partial charge in [-0.15, -0.1) is 0 Å². The molecule has 0 aliphatic carbocycles. The van der Waals surface area contributed by atoms with E-state index in [1.54, 1.807) is 0 Å². The monoisotopic (exact) mass is 621 g/mol. The van der Waals surface area contributed by atoms with E-state index in [9.17, 15) is 4.80 Å². The standard InChI is InChI=1S/C42H42OPSi/c1-42(2,45(43,40-24-14-6-15-25-40)41-26-16-7-17-27-41)33-32-35-28-30-36(31-29-35)34-44(37-18-8-3-9-19-37,38-20-10-4-11-21-38)39-22-12-5-13-23-39/h3-31,43H,32-34H2,1-2H3/q+1. The molecular formula is C42H42OPSi+. The van der Waals surface area contributed by atoms with Gasteiger partial charge in [-0.1, -0.05) is 153 Å². The number of aryl methyl sites for hydroxylation is 1. The predicted octanol–water partition coefficient (Wildman–Crippen LogP) is 7.65. The van der Waals surface area contributed by atoms with E-state index in [1.807, 2.05) is 36.4 Å². The molecule has 6 aromatic rings. The molecule has 6 rings (SSSR count). The summed E-state index contributed by atoms with van der Waals surface area (Å²) in [5, 5.41) is 6.07. The molecule has 0 bridgehead atoms. The highest BCUT2D eigenvalue weighted by molar-refractivity contribution is 7.95. The maximum Gasteiger partial charge on any atom is 0.258 e. The van der Waals surface area contributed by atoms with Crippen molar-refractivity contribution in [2.24, 2.45) is 0 Å². The van der Waals surface area contributed by atoms with E-state index in [1.165, 1.54) is 27.0 Å². The highest BCUT2D eigenvalue weighted by Crippen LogP contribution is 2.58. The Morgan fingerprint density at radius 1 is 0.467 bits per heavy atom. The number of hydrogen-bond donors (Lipinski definition) is 1. The first-order valence-corrected chi connectivity index (χ1v) is 19.8. The van der Waals surface area contributed by atoms with Gasteiger partial charge >= 0.3 is 0 Å². The molecule has 0 heterocycles. The minimum Gasteiger partial charge on any atom is -0.424 e. The Balaban J connectivity index is 1.30. The summed E-state index contributed by atoms with van der Waals surface area (Å²) >= 11 is 0. The first-order valence-electron chi connectivity index (χ1n) is 15.9. The van der Waals surface area contributed by atoms with E-state index in [-0.39, 0.29) is 5.04 Å². The second-order valence-corrected chi connectivity index (χ2v) is 20.0. The quantitative estimate of drug-likeness (QED) is 0.116. The molecule has 0 amide bonds. The van der Waals surface area contributed by atoms with Crippen LogP contribution in [0.25, 0.3) is 0 Å². The Bertz CT molecular complexity index is 1640. The summed E-state index contributed by atoms with van der Waals surface area (Å²) in [6.07, 6.45) is 2.78. The maximum atomic E-state index is 12.6. The van der Waals surface area contributed by atoms with Gasteiger partial charge < -0.3 is 4.80 Å². The lowest BCUT2D eigenvalue weighted by Gasteiger charge is -2.41. The Hall–Kier alpha value is -4.07. The fraction of sp³-hybridized carbons (Fsp3) is 0.143. The third-order valence-corrected chi connectivity index (χ3v) is 18.4. The van der Waals surface area contributed by atoms with E-state index in [0.29, 0.717) is 0 Å². The molecule has 0 atom stereocenters. The summed E-state index contributed by atoms with van der Waals surface area (Å²) in [5.74, 6) is 0. The second kappa shape index (κ2) is 13.5. The molecule has 0 radical (unpaired) electrons. The lowest BCUT2D eigenvalue weighted by atomic mass is 10.0. The summed E-state index contributed by atoms with van der Waals surface area (Å²) in [6, 6.07) is 63.3. The van der Waals surface area contributed by atoms with Gasteiger partial charge in [0.25, 0.3) is 8.32 Å². The third-order valence-electron chi connectivity index (χ3n) is 9.43. The van der Waals surface area contributed by atoms with Crippen molar-refractivity contribution in [2.45, 2.75) is 37.9 Å². The van der Waals surface area contributed by atoms with Crippen LogP contribution in [0.2, 0.25) is 5.04 Å². The van der Waals surface area contributed by atoms with Crippen molar-refractivity contribution in [2.75, 3.05) is 0 Å². The minimum atomic E-state index is -3.03. The average molecular weight is 622 g/mol. The van der Waals surface area contributed by atoms with Crippen molar-refractivity contribution in [1.29, 1.82) is 0 Å². The Morgan fingerprint density at radius 2 is 0.800 bits per heavy atom. The normalized spacial score (nSPS) is 12.2. The van der Waals surface area contributed by atoms with Crippen molar-refractivity contribution >= 4 is 41.9 Å². The molecule has 45 heavy (non-hydrogen) atoms. The Morgan fingerprint density at radius 3 is 1.18 bits per heavy atom.